The topological polar surface area (TPSA) is 43.8 Å². The van der Waals surface area contributed by atoms with E-state index < -0.39 is 5.97 Å². The van der Waals surface area contributed by atoms with Gasteiger partial charge in [0.05, 0.1) is 12.5 Å². The number of carbonyl (C=O) groups is 1. The van der Waals surface area contributed by atoms with Crippen molar-refractivity contribution in [2.75, 3.05) is 31.6 Å². The van der Waals surface area contributed by atoms with Crippen molar-refractivity contribution in [1.29, 1.82) is 0 Å². The molecule has 1 aromatic rings. The van der Waals surface area contributed by atoms with Gasteiger partial charge in [0.25, 0.3) is 0 Å². The molecule has 5 heteroatoms. The zero-order valence-electron chi connectivity index (χ0n) is 10.3. The average Bonchev–Trinajstić information content (AvgIpc) is 2.28. The SMILES string of the molecule is CN1CCN(c2cccc(F)c2)C(CC(=O)O)C1. The van der Waals surface area contributed by atoms with Gasteiger partial charge in [-0.3, -0.25) is 4.79 Å². The van der Waals surface area contributed by atoms with Gasteiger partial charge in [-0.2, -0.15) is 0 Å². The lowest BCUT2D eigenvalue weighted by atomic mass is 10.1. The van der Waals surface area contributed by atoms with Crippen molar-refractivity contribution in [1.82, 2.24) is 4.90 Å². The summed E-state index contributed by atoms with van der Waals surface area (Å²) in [5, 5.41) is 8.95. The Labute approximate surface area is 106 Å². The van der Waals surface area contributed by atoms with Crippen LogP contribution < -0.4 is 4.90 Å². The van der Waals surface area contributed by atoms with Gasteiger partial charge in [0.15, 0.2) is 0 Å². The molecular formula is C13H17FN2O2. The molecule has 18 heavy (non-hydrogen) atoms. The highest BCUT2D eigenvalue weighted by Crippen LogP contribution is 2.22. The van der Waals surface area contributed by atoms with Gasteiger partial charge in [-0.25, -0.2) is 4.39 Å². The standard InChI is InChI=1S/C13H17FN2O2/c1-15-5-6-16(12(9-15)8-13(17)18)11-4-2-3-10(14)7-11/h2-4,7,12H,5-6,8-9H2,1H3,(H,17,18). The highest BCUT2D eigenvalue weighted by molar-refractivity contribution is 5.68. The molecule has 0 saturated carbocycles. The maximum atomic E-state index is 13.2. The van der Waals surface area contributed by atoms with Gasteiger partial charge < -0.3 is 14.9 Å². The summed E-state index contributed by atoms with van der Waals surface area (Å²) in [5.41, 5.74) is 0.759. The van der Waals surface area contributed by atoms with Gasteiger partial charge >= 0.3 is 5.97 Å². The fourth-order valence-electron chi connectivity index (χ4n) is 2.38. The number of carboxylic acid groups (broad SMARTS) is 1. The molecule has 1 aliphatic heterocycles. The monoisotopic (exact) mass is 252 g/mol. The summed E-state index contributed by atoms with van der Waals surface area (Å²) in [6.07, 6.45) is 0.0703. The molecule has 98 valence electrons. The number of likely N-dealkylation sites (N-methyl/N-ethyl adjacent to an activating group) is 1. The van der Waals surface area contributed by atoms with Crippen LogP contribution in [0.25, 0.3) is 0 Å². The Morgan fingerprint density at radius 3 is 2.94 bits per heavy atom. The van der Waals surface area contributed by atoms with Crippen LogP contribution in [0.2, 0.25) is 0 Å². The van der Waals surface area contributed by atoms with Crippen LogP contribution in [0.1, 0.15) is 6.42 Å². The van der Waals surface area contributed by atoms with Crippen LogP contribution in [-0.2, 0) is 4.79 Å². The number of hydrogen-bond acceptors (Lipinski definition) is 3. The van der Waals surface area contributed by atoms with Crippen molar-refractivity contribution >= 4 is 11.7 Å². The molecule has 0 amide bonds. The van der Waals surface area contributed by atoms with Crippen LogP contribution in [0, 0.1) is 5.82 Å². The van der Waals surface area contributed by atoms with E-state index in [1.54, 1.807) is 6.07 Å². The number of hydrogen-bond donors (Lipinski definition) is 1. The second-order valence-corrected chi connectivity index (χ2v) is 4.69. The van der Waals surface area contributed by atoms with E-state index >= 15 is 0 Å². The van der Waals surface area contributed by atoms with Crippen molar-refractivity contribution < 1.29 is 14.3 Å². The Morgan fingerprint density at radius 1 is 1.50 bits per heavy atom. The van der Waals surface area contributed by atoms with Gasteiger partial charge in [0, 0.05) is 25.3 Å². The first-order valence-corrected chi connectivity index (χ1v) is 5.99. The normalized spacial score (nSPS) is 21.0. The minimum absolute atomic E-state index is 0.0703. The Bertz CT molecular complexity index is 439. The maximum absolute atomic E-state index is 13.2. The van der Waals surface area contributed by atoms with Crippen molar-refractivity contribution in [3.63, 3.8) is 0 Å². The largest absolute Gasteiger partial charge is 0.481 e. The van der Waals surface area contributed by atoms with Crippen LogP contribution in [0.4, 0.5) is 10.1 Å². The van der Waals surface area contributed by atoms with Gasteiger partial charge in [0.1, 0.15) is 5.82 Å². The first-order chi connectivity index (χ1) is 8.56. The third-order valence-electron chi connectivity index (χ3n) is 3.24. The van der Waals surface area contributed by atoms with Crippen LogP contribution in [-0.4, -0.2) is 48.7 Å². The van der Waals surface area contributed by atoms with Crippen molar-refractivity contribution in [3.8, 4) is 0 Å². The van der Waals surface area contributed by atoms with E-state index in [1.165, 1.54) is 12.1 Å². The predicted molar refractivity (Wildman–Crippen MR) is 67.3 cm³/mol. The highest BCUT2D eigenvalue weighted by atomic mass is 19.1. The van der Waals surface area contributed by atoms with E-state index in [1.807, 2.05) is 18.0 Å². The van der Waals surface area contributed by atoms with E-state index in [0.717, 1.165) is 18.8 Å². The predicted octanol–water partition coefficient (Wildman–Crippen LogP) is 1.42. The van der Waals surface area contributed by atoms with Crippen molar-refractivity contribution in [2.45, 2.75) is 12.5 Å². The van der Waals surface area contributed by atoms with E-state index in [9.17, 15) is 9.18 Å². The molecule has 4 nitrogen and oxygen atoms in total. The molecule has 1 N–H and O–H groups in total. The number of aliphatic carboxylic acids is 1. The molecule has 1 aromatic carbocycles. The summed E-state index contributed by atoms with van der Waals surface area (Å²) in [7, 11) is 1.97. The molecule has 1 fully saturated rings. The fraction of sp³-hybridized carbons (Fsp3) is 0.462. The second kappa shape index (κ2) is 5.35. The molecular weight excluding hydrogens is 235 g/mol. The number of benzene rings is 1. The van der Waals surface area contributed by atoms with Gasteiger partial charge in [-0.15, -0.1) is 0 Å². The highest BCUT2D eigenvalue weighted by Gasteiger charge is 2.27. The Morgan fingerprint density at radius 2 is 2.28 bits per heavy atom. The van der Waals surface area contributed by atoms with Crippen LogP contribution in [0.3, 0.4) is 0 Å². The summed E-state index contributed by atoms with van der Waals surface area (Å²) in [6.45, 7) is 2.26. The van der Waals surface area contributed by atoms with Crippen LogP contribution in [0.5, 0.6) is 0 Å². The van der Waals surface area contributed by atoms with Gasteiger partial charge in [-0.1, -0.05) is 6.07 Å². The van der Waals surface area contributed by atoms with Crippen LogP contribution >= 0.6 is 0 Å². The summed E-state index contributed by atoms with van der Waals surface area (Å²) >= 11 is 0. The molecule has 0 aromatic heterocycles. The first kappa shape index (κ1) is 12.8. The number of anilines is 1. The lowest BCUT2D eigenvalue weighted by Gasteiger charge is -2.41. The van der Waals surface area contributed by atoms with Crippen molar-refractivity contribution in [3.05, 3.63) is 30.1 Å². The Hall–Kier alpha value is -1.62. The quantitative estimate of drug-likeness (QED) is 0.883. The maximum Gasteiger partial charge on any atom is 0.305 e. The lowest BCUT2D eigenvalue weighted by Crippen LogP contribution is -2.52. The summed E-state index contributed by atoms with van der Waals surface area (Å²) < 4.78 is 13.2. The molecule has 1 unspecified atom stereocenters. The van der Waals surface area contributed by atoms with Crippen molar-refractivity contribution in [2.24, 2.45) is 0 Å². The van der Waals surface area contributed by atoms with Gasteiger partial charge in [0.2, 0.25) is 0 Å². The third-order valence-corrected chi connectivity index (χ3v) is 3.24. The third kappa shape index (κ3) is 2.98. The smallest absolute Gasteiger partial charge is 0.305 e. The van der Waals surface area contributed by atoms with Crippen LogP contribution in [0.15, 0.2) is 24.3 Å². The molecule has 0 spiro atoms. The minimum Gasteiger partial charge on any atom is -0.481 e. The molecule has 0 bridgehead atoms. The van der Waals surface area contributed by atoms with E-state index in [2.05, 4.69) is 4.90 Å². The fourth-order valence-corrected chi connectivity index (χ4v) is 2.38. The zero-order valence-corrected chi connectivity index (χ0v) is 10.3. The Kier molecular flexibility index (Phi) is 3.81. The Balaban J connectivity index is 2.20. The molecule has 1 aliphatic rings. The molecule has 2 rings (SSSR count). The van der Waals surface area contributed by atoms with E-state index in [-0.39, 0.29) is 18.3 Å². The summed E-state index contributed by atoms with van der Waals surface area (Å²) in [4.78, 5) is 15.0. The molecule has 1 atom stereocenters. The first-order valence-electron chi connectivity index (χ1n) is 5.99. The van der Waals surface area contributed by atoms with E-state index in [4.69, 9.17) is 5.11 Å². The molecule has 1 heterocycles. The number of rotatable bonds is 3. The van der Waals surface area contributed by atoms with Gasteiger partial charge in [-0.05, 0) is 25.2 Å². The molecule has 0 radical (unpaired) electrons. The zero-order chi connectivity index (χ0) is 13.1. The number of halogens is 1. The number of piperazine rings is 1. The second-order valence-electron chi connectivity index (χ2n) is 4.69. The van der Waals surface area contributed by atoms with E-state index in [0.29, 0.717) is 6.54 Å². The number of carboxylic acids is 1. The molecule has 0 aliphatic carbocycles. The minimum atomic E-state index is -0.822. The number of nitrogens with zero attached hydrogens (tertiary/aromatic N) is 2. The average molecular weight is 252 g/mol. The molecule has 1 saturated heterocycles. The lowest BCUT2D eigenvalue weighted by molar-refractivity contribution is -0.137. The summed E-state index contributed by atoms with van der Waals surface area (Å²) in [6, 6.07) is 6.22. The summed E-state index contributed by atoms with van der Waals surface area (Å²) in [5.74, 6) is -1.11.